The molecule has 0 fully saturated rings. The summed E-state index contributed by atoms with van der Waals surface area (Å²) in [5, 5.41) is 12.6. The summed E-state index contributed by atoms with van der Waals surface area (Å²) >= 11 is 0. The number of ether oxygens (including phenoxy) is 1. The Morgan fingerprint density at radius 3 is 2.38 bits per heavy atom. The Morgan fingerprint density at radius 1 is 1.17 bits per heavy atom. The van der Waals surface area contributed by atoms with Gasteiger partial charge in [0.25, 0.3) is 0 Å². The minimum absolute atomic E-state index is 0.165. The number of anilines is 1. The predicted octanol–water partition coefficient (Wildman–Crippen LogP) is 3.78. The average Bonchev–Trinajstić information content (AvgIpc) is 2.52. The molecule has 1 amide bonds. The molecule has 0 saturated heterocycles. The third-order valence-corrected chi connectivity index (χ3v) is 3.22. The third kappa shape index (κ3) is 4.73. The van der Waals surface area contributed by atoms with Gasteiger partial charge in [0.05, 0.1) is 11.3 Å². The molecular weight excluding hydrogens is 323 g/mol. The molecule has 0 aliphatic rings. The van der Waals surface area contributed by atoms with Crippen LogP contribution in [0.3, 0.4) is 0 Å². The highest BCUT2D eigenvalue weighted by molar-refractivity contribution is 5.90. The fraction of sp³-hybridized carbons (Fsp3) is 0.235. The van der Waals surface area contributed by atoms with Gasteiger partial charge in [-0.05, 0) is 29.8 Å². The van der Waals surface area contributed by atoms with Gasteiger partial charge in [0, 0.05) is 6.92 Å². The number of carbonyl (C=O) groups is 1. The first-order valence-electron chi connectivity index (χ1n) is 7.12. The van der Waals surface area contributed by atoms with Crippen molar-refractivity contribution in [1.29, 1.82) is 0 Å². The topological polar surface area (TPSA) is 58.6 Å². The van der Waals surface area contributed by atoms with Crippen LogP contribution < -0.4 is 10.1 Å². The van der Waals surface area contributed by atoms with Crippen LogP contribution in [0, 0.1) is 0 Å². The lowest BCUT2D eigenvalue weighted by molar-refractivity contribution is -0.137. The largest absolute Gasteiger partial charge is 0.488 e. The van der Waals surface area contributed by atoms with Crippen LogP contribution in [0.1, 0.15) is 24.2 Å². The molecule has 2 aromatic rings. The number of rotatable bonds is 5. The number of halogens is 3. The number of para-hydroxylation sites is 2. The molecule has 0 aliphatic heterocycles. The smallest absolute Gasteiger partial charge is 0.416 e. The van der Waals surface area contributed by atoms with Crippen LogP contribution in [0.4, 0.5) is 18.9 Å². The maximum atomic E-state index is 12.5. The van der Waals surface area contributed by atoms with Gasteiger partial charge in [-0.25, -0.2) is 0 Å². The monoisotopic (exact) mass is 339 g/mol. The van der Waals surface area contributed by atoms with Crippen LogP contribution in [-0.2, 0) is 11.0 Å². The molecule has 0 saturated carbocycles. The van der Waals surface area contributed by atoms with E-state index in [0.717, 1.165) is 12.1 Å². The van der Waals surface area contributed by atoms with E-state index in [-0.39, 0.29) is 12.5 Å². The molecule has 7 heteroatoms. The number of alkyl halides is 3. The molecule has 1 unspecified atom stereocenters. The minimum atomic E-state index is -4.42. The summed E-state index contributed by atoms with van der Waals surface area (Å²) in [5.41, 5.74) is -0.0278. The molecule has 0 radical (unpaired) electrons. The molecule has 2 aromatic carbocycles. The van der Waals surface area contributed by atoms with E-state index in [4.69, 9.17) is 4.74 Å². The van der Waals surface area contributed by atoms with Crippen molar-refractivity contribution >= 4 is 11.6 Å². The Kier molecular flexibility index (Phi) is 5.46. The highest BCUT2D eigenvalue weighted by Crippen LogP contribution is 2.30. The summed E-state index contributed by atoms with van der Waals surface area (Å²) < 4.78 is 43.0. The van der Waals surface area contributed by atoms with Crippen molar-refractivity contribution in [3.63, 3.8) is 0 Å². The molecule has 0 aromatic heterocycles. The number of hydrogen-bond acceptors (Lipinski definition) is 3. The zero-order chi connectivity index (χ0) is 17.7. The predicted molar refractivity (Wildman–Crippen MR) is 82.6 cm³/mol. The Morgan fingerprint density at radius 2 is 1.79 bits per heavy atom. The van der Waals surface area contributed by atoms with Crippen molar-refractivity contribution in [2.75, 3.05) is 11.9 Å². The van der Waals surface area contributed by atoms with E-state index >= 15 is 0 Å². The lowest BCUT2D eigenvalue weighted by atomic mass is 10.1. The normalized spacial score (nSPS) is 12.5. The molecule has 4 nitrogen and oxygen atoms in total. The summed E-state index contributed by atoms with van der Waals surface area (Å²) in [6, 6.07) is 10.9. The summed E-state index contributed by atoms with van der Waals surface area (Å²) in [6.45, 7) is 1.19. The van der Waals surface area contributed by atoms with Gasteiger partial charge in [-0.15, -0.1) is 0 Å². The maximum absolute atomic E-state index is 12.5. The van der Waals surface area contributed by atoms with Crippen molar-refractivity contribution in [2.24, 2.45) is 0 Å². The van der Waals surface area contributed by atoms with E-state index in [1.807, 2.05) is 0 Å². The van der Waals surface area contributed by atoms with Crippen molar-refractivity contribution < 1.29 is 27.8 Å². The van der Waals surface area contributed by atoms with Crippen LogP contribution in [0.5, 0.6) is 5.75 Å². The van der Waals surface area contributed by atoms with E-state index < -0.39 is 17.8 Å². The van der Waals surface area contributed by atoms with E-state index in [2.05, 4.69) is 5.32 Å². The Balaban J connectivity index is 2.03. The zero-order valence-electron chi connectivity index (χ0n) is 12.8. The van der Waals surface area contributed by atoms with Crippen LogP contribution in [0.25, 0.3) is 0 Å². The fourth-order valence-electron chi connectivity index (χ4n) is 2.04. The molecule has 2 rings (SSSR count). The average molecular weight is 339 g/mol. The summed E-state index contributed by atoms with van der Waals surface area (Å²) in [6.07, 6.45) is -5.52. The van der Waals surface area contributed by atoms with Crippen molar-refractivity contribution in [3.05, 3.63) is 59.7 Å². The first-order chi connectivity index (χ1) is 11.3. The van der Waals surface area contributed by atoms with Crippen LogP contribution >= 0.6 is 0 Å². The Labute approximate surface area is 136 Å². The number of aliphatic hydroxyl groups is 1. The summed E-state index contributed by atoms with van der Waals surface area (Å²) in [7, 11) is 0. The van der Waals surface area contributed by atoms with E-state index in [1.165, 1.54) is 19.1 Å². The van der Waals surface area contributed by atoms with Gasteiger partial charge in [-0.1, -0.05) is 24.3 Å². The van der Waals surface area contributed by atoms with Crippen molar-refractivity contribution in [1.82, 2.24) is 0 Å². The number of aliphatic hydroxyl groups excluding tert-OH is 1. The van der Waals surface area contributed by atoms with E-state index in [9.17, 15) is 23.1 Å². The first kappa shape index (κ1) is 17.8. The number of hydrogen-bond donors (Lipinski definition) is 2. The number of carbonyl (C=O) groups excluding carboxylic acids is 1. The fourth-order valence-corrected chi connectivity index (χ4v) is 2.04. The van der Waals surface area contributed by atoms with Gasteiger partial charge >= 0.3 is 6.18 Å². The second kappa shape index (κ2) is 7.35. The zero-order valence-corrected chi connectivity index (χ0v) is 12.8. The van der Waals surface area contributed by atoms with Gasteiger partial charge in [-0.2, -0.15) is 13.2 Å². The number of amides is 1. The standard InChI is InChI=1S/C17H16F3NO3/c1-11(22)21-14-4-2-3-5-16(14)24-10-15(23)12-6-8-13(9-7-12)17(18,19)20/h2-9,15,23H,10H2,1H3,(H,21,22). The molecule has 2 N–H and O–H groups in total. The van der Waals surface area contributed by atoms with E-state index in [1.54, 1.807) is 24.3 Å². The van der Waals surface area contributed by atoms with Gasteiger partial charge in [0.15, 0.2) is 0 Å². The molecule has 0 bridgehead atoms. The molecule has 0 aliphatic carbocycles. The lowest BCUT2D eigenvalue weighted by Gasteiger charge is -2.16. The summed E-state index contributed by atoms with van der Waals surface area (Å²) in [5.74, 6) is 0.0907. The van der Waals surface area contributed by atoms with Gasteiger partial charge in [0.1, 0.15) is 18.5 Å². The molecule has 0 spiro atoms. The third-order valence-electron chi connectivity index (χ3n) is 3.22. The van der Waals surface area contributed by atoms with Crippen LogP contribution in [0.2, 0.25) is 0 Å². The van der Waals surface area contributed by atoms with Gasteiger partial charge < -0.3 is 15.2 Å². The maximum Gasteiger partial charge on any atom is 0.416 e. The van der Waals surface area contributed by atoms with Crippen molar-refractivity contribution in [2.45, 2.75) is 19.2 Å². The van der Waals surface area contributed by atoms with Gasteiger partial charge in [-0.3, -0.25) is 4.79 Å². The van der Waals surface area contributed by atoms with E-state index in [0.29, 0.717) is 17.0 Å². The molecule has 128 valence electrons. The Hall–Kier alpha value is -2.54. The molecule has 0 heterocycles. The molecule has 24 heavy (non-hydrogen) atoms. The first-order valence-corrected chi connectivity index (χ1v) is 7.12. The highest BCUT2D eigenvalue weighted by atomic mass is 19.4. The summed E-state index contributed by atoms with van der Waals surface area (Å²) in [4.78, 5) is 11.1. The lowest BCUT2D eigenvalue weighted by Crippen LogP contribution is -2.13. The quantitative estimate of drug-likeness (QED) is 0.872. The highest BCUT2D eigenvalue weighted by Gasteiger charge is 2.30. The SMILES string of the molecule is CC(=O)Nc1ccccc1OCC(O)c1ccc(C(F)(F)F)cc1. The number of nitrogens with one attached hydrogen (secondary N) is 1. The van der Waals surface area contributed by atoms with Gasteiger partial charge in [0.2, 0.25) is 5.91 Å². The molecule has 1 atom stereocenters. The second-order valence-electron chi connectivity index (χ2n) is 5.12. The number of benzene rings is 2. The molecular formula is C17H16F3NO3. The van der Waals surface area contributed by atoms with Crippen molar-refractivity contribution in [3.8, 4) is 5.75 Å². The second-order valence-corrected chi connectivity index (χ2v) is 5.12. The van der Waals surface area contributed by atoms with Crippen LogP contribution in [-0.4, -0.2) is 17.6 Å². The van der Waals surface area contributed by atoms with Crippen LogP contribution in [0.15, 0.2) is 48.5 Å². The Bertz CT molecular complexity index is 699. The minimum Gasteiger partial charge on any atom is -0.488 e.